The molecule has 4 atom stereocenters. The van der Waals surface area contributed by atoms with Gasteiger partial charge < -0.3 is 15.8 Å². The molecule has 4 nitrogen and oxygen atoms in total. The summed E-state index contributed by atoms with van der Waals surface area (Å²) in [6.45, 7) is 3.18. The zero-order valence-corrected chi connectivity index (χ0v) is 9.73. The van der Waals surface area contributed by atoms with Crippen molar-refractivity contribution in [3.63, 3.8) is 0 Å². The number of ether oxygens (including phenoxy) is 1. The maximum absolute atomic E-state index is 6.20. The van der Waals surface area contributed by atoms with Gasteiger partial charge in [-0.1, -0.05) is 6.92 Å². The van der Waals surface area contributed by atoms with Crippen LogP contribution >= 0.6 is 0 Å². The van der Waals surface area contributed by atoms with E-state index in [1.165, 1.54) is 5.57 Å². The fourth-order valence-corrected chi connectivity index (χ4v) is 2.55. The van der Waals surface area contributed by atoms with Gasteiger partial charge in [-0.2, -0.15) is 0 Å². The molecule has 0 bridgehead atoms. The first-order valence-corrected chi connectivity index (χ1v) is 5.66. The van der Waals surface area contributed by atoms with Crippen LogP contribution in [0.1, 0.15) is 13.3 Å². The summed E-state index contributed by atoms with van der Waals surface area (Å²) >= 11 is 0. The fraction of sp³-hybridized carbons (Fsp3) is 0.818. The zero-order valence-electron chi connectivity index (χ0n) is 9.73. The minimum absolute atomic E-state index is 0.193. The van der Waals surface area contributed by atoms with Crippen LogP contribution in [0, 0.1) is 0 Å². The van der Waals surface area contributed by atoms with Crippen LogP contribution in [0.5, 0.6) is 0 Å². The lowest BCUT2D eigenvalue weighted by molar-refractivity contribution is 0.177. The molecule has 3 N–H and O–H groups in total. The predicted molar refractivity (Wildman–Crippen MR) is 60.5 cm³/mol. The highest BCUT2D eigenvalue weighted by Gasteiger charge is 2.54. The summed E-state index contributed by atoms with van der Waals surface area (Å²) < 4.78 is 5.72. The highest BCUT2D eigenvalue weighted by Crippen LogP contribution is 2.41. The van der Waals surface area contributed by atoms with E-state index in [0.29, 0.717) is 18.2 Å². The molecule has 0 aromatic rings. The van der Waals surface area contributed by atoms with E-state index in [4.69, 9.17) is 10.5 Å². The van der Waals surface area contributed by atoms with Crippen LogP contribution in [0.2, 0.25) is 0 Å². The first-order valence-electron chi connectivity index (χ1n) is 5.66. The molecule has 0 spiro atoms. The Morgan fingerprint density at radius 1 is 1.67 bits per heavy atom. The van der Waals surface area contributed by atoms with Crippen molar-refractivity contribution in [1.82, 2.24) is 10.2 Å². The summed E-state index contributed by atoms with van der Waals surface area (Å²) in [5.74, 6) is 0. The molecule has 1 aliphatic carbocycles. The molecule has 0 aromatic heterocycles. The van der Waals surface area contributed by atoms with E-state index in [2.05, 4.69) is 24.2 Å². The Morgan fingerprint density at radius 3 is 3.00 bits per heavy atom. The van der Waals surface area contributed by atoms with Gasteiger partial charge >= 0.3 is 0 Å². The number of rotatable bonds is 3. The van der Waals surface area contributed by atoms with Gasteiger partial charge in [0.05, 0.1) is 6.04 Å². The molecule has 2 fully saturated rings. The lowest BCUT2D eigenvalue weighted by Crippen LogP contribution is -2.52. The molecular weight excluding hydrogens is 190 g/mol. The van der Waals surface area contributed by atoms with Crippen molar-refractivity contribution in [2.75, 3.05) is 20.6 Å². The summed E-state index contributed by atoms with van der Waals surface area (Å²) in [6.07, 6.45) is 3.61. The first kappa shape index (κ1) is 10.9. The van der Waals surface area contributed by atoms with Gasteiger partial charge in [0.1, 0.15) is 12.2 Å². The first-order chi connectivity index (χ1) is 7.19. The van der Waals surface area contributed by atoms with Crippen molar-refractivity contribution in [1.29, 1.82) is 0 Å². The van der Waals surface area contributed by atoms with E-state index < -0.39 is 0 Å². The maximum Gasteiger partial charge on any atom is 0.109 e. The molecule has 1 heterocycles. The molecule has 15 heavy (non-hydrogen) atoms. The van der Waals surface area contributed by atoms with E-state index >= 15 is 0 Å². The molecular formula is C11H21N3O. The van der Waals surface area contributed by atoms with Crippen molar-refractivity contribution >= 4 is 0 Å². The number of likely N-dealkylation sites (N-methyl/N-ethyl adjacent to an activating group) is 1. The quantitative estimate of drug-likeness (QED) is 0.641. The lowest BCUT2D eigenvalue weighted by atomic mass is 9.86. The van der Waals surface area contributed by atoms with Gasteiger partial charge in [-0.3, -0.25) is 4.90 Å². The summed E-state index contributed by atoms with van der Waals surface area (Å²) in [4.78, 5) is 2.30. The van der Waals surface area contributed by atoms with E-state index in [0.717, 1.165) is 13.0 Å². The Bertz CT molecular complexity index is 265. The van der Waals surface area contributed by atoms with Crippen LogP contribution in [0.15, 0.2) is 11.8 Å². The van der Waals surface area contributed by atoms with Crippen LogP contribution in [0.4, 0.5) is 0 Å². The molecule has 86 valence electrons. The predicted octanol–water partition coefficient (Wildman–Crippen LogP) is -0.0916. The van der Waals surface area contributed by atoms with E-state index in [9.17, 15) is 0 Å². The van der Waals surface area contributed by atoms with Crippen molar-refractivity contribution in [3.8, 4) is 0 Å². The second kappa shape index (κ2) is 4.12. The minimum Gasteiger partial charge on any atom is -0.394 e. The smallest absolute Gasteiger partial charge is 0.109 e. The molecule has 1 saturated heterocycles. The highest BCUT2D eigenvalue weighted by molar-refractivity contribution is 5.26. The normalized spacial score (nSPS) is 41.8. The molecule has 0 radical (unpaired) electrons. The van der Waals surface area contributed by atoms with Crippen LogP contribution < -0.4 is 11.1 Å². The third-order valence-electron chi connectivity index (χ3n) is 3.48. The summed E-state index contributed by atoms with van der Waals surface area (Å²) in [6, 6.07) is 0.576. The maximum atomic E-state index is 6.20. The highest BCUT2D eigenvalue weighted by atomic mass is 16.6. The monoisotopic (exact) mass is 211 g/mol. The standard InChI is InChI=1S/C11H21N3O/c1-4-14(3)9-8(12)5-7(6-13-2)10-11(9)15-10/h6,8-11,13H,4-5,12H2,1-3H3/b7-6+. The van der Waals surface area contributed by atoms with Crippen LogP contribution in [0.25, 0.3) is 0 Å². The average Bonchev–Trinajstić information content (AvgIpc) is 2.97. The number of hydrogen-bond acceptors (Lipinski definition) is 4. The molecule has 4 heteroatoms. The summed E-state index contributed by atoms with van der Waals surface area (Å²) in [7, 11) is 4.04. The summed E-state index contributed by atoms with van der Waals surface area (Å²) in [5.41, 5.74) is 7.52. The Labute approximate surface area is 91.5 Å². The Balaban J connectivity index is 2.07. The molecule has 2 rings (SSSR count). The van der Waals surface area contributed by atoms with Crippen molar-refractivity contribution < 1.29 is 4.74 Å². The zero-order chi connectivity index (χ0) is 11.0. The van der Waals surface area contributed by atoms with E-state index in [-0.39, 0.29) is 6.04 Å². The van der Waals surface area contributed by atoms with E-state index in [1.54, 1.807) is 0 Å². The topological polar surface area (TPSA) is 53.8 Å². The molecule has 2 aliphatic rings. The molecule has 1 aliphatic heterocycles. The number of nitrogens with zero attached hydrogens (tertiary/aromatic N) is 1. The largest absolute Gasteiger partial charge is 0.394 e. The van der Waals surface area contributed by atoms with Crippen LogP contribution in [-0.2, 0) is 4.74 Å². The number of epoxide rings is 1. The second-order valence-electron chi connectivity index (χ2n) is 4.46. The lowest BCUT2D eigenvalue weighted by Gasteiger charge is -2.34. The Morgan fingerprint density at radius 2 is 2.40 bits per heavy atom. The number of hydrogen-bond donors (Lipinski definition) is 2. The molecule has 0 aromatic carbocycles. The average molecular weight is 211 g/mol. The number of fused-ring (bicyclic) bond motifs is 1. The third kappa shape index (κ3) is 1.89. The molecule has 0 amide bonds. The van der Waals surface area contributed by atoms with Crippen LogP contribution in [-0.4, -0.2) is 49.8 Å². The van der Waals surface area contributed by atoms with E-state index in [1.807, 2.05) is 13.2 Å². The third-order valence-corrected chi connectivity index (χ3v) is 3.48. The van der Waals surface area contributed by atoms with Crippen molar-refractivity contribution in [3.05, 3.63) is 11.8 Å². The number of nitrogens with two attached hydrogens (primary N) is 1. The van der Waals surface area contributed by atoms with Crippen LogP contribution in [0.3, 0.4) is 0 Å². The number of nitrogens with one attached hydrogen (secondary N) is 1. The van der Waals surface area contributed by atoms with Gasteiger partial charge in [-0.05, 0) is 31.8 Å². The SMILES string of the molecule is CCN(C)C1C(N)C/C(=C\NC)C2OC21. The van der Waals surface area contributed by atoms with Gasteiger partial charge in [-0.25, -0.2) is 0 Å². The Hall–Kier alpha value is -0.580. The van der Waals surface area contributed by atoms with Gasteiger partial charge in [-0.15, -0.1) is 0 Å². The second-order valence-corrected chi connectivity index (χ2v) is 4.46. The molecule has 1 saturated carbocycles. The van der Waals surface area contributed by atoms with Crippen molar-refractivity contribution in [2.45, 2.75) is 37.6 Å². The molecule has 4 unspecified atom stereocenters. The van der Waals surface area contributed by atoms with Crippen molar-refractivity contribution in [2.24, 2.45) is 5.73 Å². The van der Waals surface area contributed by atoms with Gasteiger partial charge in [0, 0.05) is 13.1 Å². The fourth-order valence-electron chi connectivity index (χ4n) is 2.55. The van der Waals surface area contributed by atoms with Gasteiger partial charge in [0.15, 0.2) is 0 Å². The van der Waals surface area contributed by atoms with Gasteiger partial charge in [0.25, 0.3) is 0 Å². The minimum atomic E-state index is 0.193. The van der Waals surface area contributed by atoms with Gasteiger partial charge in [0.2, 0.25) is 0 Å². The summed E-state index contributed by atoms with van der Waals surface area (Å²) in [5, 5.41) is 3.06. The Kier molecular flexibility index (Phi) is 3.00.